The number of rotatable bonds is 5. The molecule has 0 spiro atoms. The highest BCUT2D eigenvalue weighted by molar-refractivity contribution is 6.30. The molecule has 2 aliphatic carbocycles. The molecular formula is C40H37ClF2N6O4. The molecule has 0 aromatic heterocycles. The quantitative estimate of drug-likeness (QED) is 0.335. The summed E-state index contributed by atoms with van der Waals surface area (Å²) >= 11 is 6.23. The highest BCUT2D eigenvalue weighted by Gasteiger charge is 2.47. The number of aliphatic imine (C=N–C) groups is 2. The lowest BCUT2D eigenvalue weighted by molar-refractivity contribution is -0.148. The zero-order valence-corrected chi connectivity index (χ0v) is 29.4. The van der Waals surface area contributed by atoms with Crippen LogP contribution in [0, 0.1) is 53.1 Å². The van der Waals surface area contributed by atoms with E-state index in [2.05, 4.69) is 49.1 Å². The normalized spacial score (nSPS) is 29.3. The number of piperidine rings is 2. The van der Waals surface area contributed by atoms with Gasteiger partial charge in [0.15, 0.2) is 11.7 Å². The third-order valence-corrected chi connectivity index (χ3v) is 11.5. The largest absolute Gasteiger partial charge is 0.481 e. The zero-order chi connectivity index (χ0) is 36.8. The number of carboxylic acids is 2. The Hall–Kier alpha value is -5.01. The molecule has 2 saturated heterocycles. The molecule has 272 valence electrons. The lowest BCUT2D eigenvalue weighted by atomic mass is 9.75. The first kappa shape index (κ1) is 35.0. The molecule has 0 radical (unpaired) electrons. The molecule has 3 atom stereocenters. The van der Waals surface area contributed by atoms with Gasteiger partial charge in [-0.05, 0) is 85.4 Å². The number of benzene rings is 2. The molecule has 4 aliphatic heterocycles. The fraction of sp³-hybridized carbons (Fsp3) is 0.400. The van der Waals surface area contributed by atoms with Crippen molar-refractivity contribution < 1.29 is 28.6 Å². The van der Waals surface area contributed by atoms with Crippen LogP contribution < -0.4 is 10.6 Å². The van der Waals surface area contributed by atoms with Gasteiger partial charge in [0.1, 0.15) is 11.6 Å². The van der Waals surface area contributed by atoms with Crippen LogP contribution >= 0.6 is 11.6 Å². The Labute approximate surface area is 310 Å². The fourth-order valence-electron chi connectivity index (χ4n) is 8.26. The molecule has 53 heavy (non-hydrogen) atoms. The third-order valence-electron chi connectivity index (χ3n) is 11.3. The molecule has 4 N–H and O–H groups in total. The second-order valence-electron chi connectivity index (χ2n) is 14.7. The zero-order valence-electron chi connectivity index (χ0n) is 28.7. The lowest BCUT2D eigenvalue weighted by Crippen LogP contribution is -2.60. The summed E-state index contributed by atoms with van der Waals surface area (Å²) < 4.78 is 27.8. The van der Waals surface area contributed by atoms with Crippen LogP contribution in [0.5, 0.6) is 0 Å². The first-order chi connectivity index (χ1) is 25.6. The summed E-state index contributed by atoms with van der Waals surface area (Å²) in [4.78, 5) is 37.9. The molecule has 2 saturated carbocycles. The highest BCUT2D eigenvalue weighted by atomic mass is 35.5. The predicted octanol–water partition coefficient (Wildman–Crippen LogP) is 4.26. The summed E-state index contributed by atoms with van der Waals surface area (Å²) in [6.07, 6.45) is 4.94. The standard InChI is InChI=1S/C40H37ClF2N6O4/c41-27-3-1-2-22(10-27)4-7-36-45-34-8-9-48(30-13-24(14-30)39(50)51)20-32(34)38(47-36)33-21-49(31-15-25(16-31)40(52)53)19-26-18-44-35(46-37(26)33)6-5-23-11-28(42)17-29(43)12-23/h1-3,10-12,17-18,24-25,30-31,33-34,37H,8-9,13-16,19-21H2,(H,44,46)(H,45,47)(H,50,51)(H,52,53). The van der Waals surface area contributed by atoms with Gasteiger partial charge in [-0.2, -0.15) is 0 Å². The maximum Gasteiger partial charge on any atom is 0.306 e. The minimum atomic E-state index is -0.778. The first-order valence-electron chi connectivity index (χ1n) is 17.9. The fourth-order valence-corrected chi connectivity index (χ4v) is 8.45. The van der Waals surface area contributed by atoms with Crippen molar-refractivity contribution in [3.05, 3.63) is 93.3 Å². The van der Waals surface area contributed by atoms with Crippen molar-refractivity contribution in [1.82, 2.24) is 20.4 Å². The topological polar surface area (TPSA) is 130 Å². The van der Waals surface area contributed by atoms with Crippen LogP contribution in [0.3, 0.4) is 0 Å². The SMILES string of the molecule is O=C(O)C1CC(N2CCC3NC(C#Cc4cccc(Cl)c4)=NC(C4CN(C5CC(C(=O)O)C5)CC5=CN=C(C#Cc6cc(F)cc(F)c6)NC54)=C3C2)C1. The van der Waals surface area contributed by atoms with E-state index in [1.54, 1.807) is 18.3 Å². The van der Waals surface area contributed by atoms with Crippen molar-refractivity contribution in [1.29, 1.82) is 0 Å². The van der Waals surface area contributed by atoms with Gasteiger partial charge in [0.25, 0.3) is 0 Å². The van der Waals surface area contributed by atoms with Gasteiger partial charge in [-0.15, -0.1) is 0 Å². The maximum absolute atomic E-state index is 13.9. The van der Waals surface area contributed by atoms with Crippen molar-refractivity contribution in [2.24, 2.45) is 27.7 Å². The van der Waals surface area contributed by atoms with E-state index in [-0.39, 0.29) is 47.5 Å². The van der Waals surface area contributed by atoms with Crippen LogP contribution in [0.1, 0.15) is 43.2 Å². The Kier molecular flexibility index (Phi) is 9.54. The average molecular weight is 739 g/mol. The van der Waals surface area contributed by atoms with E-state index in [0.29, 0.717) is 62.0 Å². The van der Waals surface area contributed by atoms with Crippen molar-refractivity contribution in [2.45, 2.75) is 56.3 Å². The van der Waals surface area contributed by atoms with E-state index in [1.165, 1.54) is 12.1 Å². The van der Waals surface area contributed by atoms with Gasteiger partial charge < -0.3 is 20.8 Å². The van der Waals surface area contributed by atoms with E-state index in [4.69, 9.17) is 16.6 Å². The van der Waals surface area contributed by atoms with Gasteiger partial charge in [0.2, 0.25) is 0 Å². The van der Waals surface area contributed by atoms with Crippen LogP contribution in [0.4, 0.5) is 8.78 Å². The number of nitrogens with one attached hydrogen (secondary N) is 2. The van der Waals surface area contributed by atoms with E-state index in [9.17, 15) is 28.6 Å². The molecule has 4 fully saturated rings. The molecule has 2 aromatic rings. The van der Waals surface area contributed by atoms with Gasteiger partial charge in [-0.3, -0.25) is 19.4 Å². The highest BCUT2D eigenvalue weighted by Crippen LogP contribution is 2.41. The number of carbonyl (C=O) groups is 2. The van der Waals surface area contributed by atoms with Gasteiger partial charge in [-0.1, -0.05) is 29.5 Å². The second-order valence-corrected chi connectivity index (χ2v) is 15.1. The summed E-state index contributed by atoms with van der Waals surface area (Å²) in [5.74, 6) is 9.25. The number of carboxylic acid groups (broad SMARTS) is 2. The molecule has 0 amide bonds. The first-order valence-corrected chi connectivity index (χ1v) is 18.2. The number of likely N-dealkylation sites (tertiary alicyclic amines) is 2. The van der Waals surface area contributed by atoms with E-state index in [1.807, 2.05) is 12.1 Å². The van der Waals surface area contributed by atoms with Crippen LogP contribution in [-0.4, -0.2) is 94.0 Å². The minimum absolute atomic E-state index is 0.0416. The van der Waals surface area contributed by atoms with Crippen molar-refractivity contribution in [2.75, 3.05) is 26.2 Å². The summed E-state index contributed by atoms with van der Waals surface area (Å²) in [6, 6.07) is 10.4. The Bertz CT molecular complexity index is 2100. The number of nitrogens with zero attached hydrogens (tertiary/aromatic N) is 4. The van der Waals surface area contributed by atoms with Crippen molar-refractivity contribution >= 4 is 35.2 Å². The Morgan fingerprint density at radius 1 is 0.830 bits per heavy atom. The number of amidine groups is 2. The predicted molar refractivity (Wildman–Crippen MR) is 195 cm³/mol. The maximum atomic E-state index is 13.9. The van der Waals surface area contributed by atoms with Crippen LogP contribution in [0.25, 0.3) is 0 Å². The Morgan fingerprint density at radius 2 is 1.51 bits per heavy atom. The van der Waals surface area contributed by atoms with Crippen LogP contribution in [0.15, 0.2) is 75.5 Å². The molecule has 10 nitrogen and oxygen atoms in total. The Balaban J connectivity index is 1.16. The van der Waals surface area contributed by atoms with E-state index < -0.39 is 23.6 Å². The molecular weight excluding hydrogens is 702 g/mol. The summed E-state index contributed by atoms with van der Waals surface area (Å²) in [7, 11) is 0. The lowest BCUT2D eigenvalue weighted by Gasteiger charge is -2.50. The summed E-state index contributed by atoms with van der Waals surface area (Å²) in [5, 5.41) is 26.9. The molecule has 3 unspecified atom stereocenters. The molecule has 4 heterocycles. The number of hydrogen-bond acceptors (Lipinski definition) is 8. The van der Waals surface area contributed by atoms with Crippen LogP contribution in [0.2, 0.25) is 5.02 Å². The second kappa shape index (κ2) is 14.4. The number of aliphatic carboxylic acids is 2. The third kappa shape index (κ3) is 7.45. The number of hydrogen-bond donors (Lipinski definition) is 4. The Morgan fingerprint density at radius 3 is 2.21 bits per heavy atom. The van der Waals surface area contributed by atoms with Gasteiger partial charge in [0.05, 0.1) is 29.6 Å². The van der Waals surface area contributed by atoms with E-state index in [0.717, 1.165) is 41.4 Å². The van der Waals surface area contributed by atoms with Crippen LogP contribution in [-0.2, 0) is 9.59 Å². The molecule has 2 aromatic carbocycles. The monoisotopic (exact) mass is 738 g/mol. The van der Waals surface area contributed by atoms with Crippen molar-refractivity contribution in [3.63, 3.8) is 0 Å². The smallest absolute Gasteiger partial charge is 0.306 e. The minimum Gasteiger partial charge on any atom is -0.481 e. The molecule has 8 rings (SSSR count). The summed E-state index contributed by atoms with van der Waals surface area (Å²) in [6.45, 7) is 2.61. The molecule has 6 aliphatic rings. The molecule has 0 bridgehead atoms. The van der Waals surface area contributed by atoms with Gasteiger partial charge >= 0.3 is 11.9 Å². The average Bonchev–Trinajstić information content (AvgIpc) is 3.07. The van der Waals surface area contributed by atoms with Crippen molar-refractivity contribution in [3.8, 4) is 23.7 Å². The molecule has 13 heteroatoms. The van der Waals surface area contributed by atoms with Gasteiger partial charge in [0, 0.05) is 72.6 Å². The van der Waals surface area contributed by atoms with Gasteiger partial charge in [-0.25, -0.2) is 18.8 Å². The number of fused-ring (bicyclic) bond motifs is 2. The summed E-state index contributed by atoms with van der Waals surface area (Å²) in [5.41, 5.74) is 3.95. The number of halogens is 3. The van der Waals surface area contributed by atoms with E-state index >= 15 is 0 Å².